The maximum Gasteiger partial charge on any atom is 0.338 e. The van der Waals surface area contributed by atoms with Crippen LogP contribution >= 0.6 is 0 Å². The number of nitro benzene ring substituents is 1. The molecule has 1 aromatic carbocycles. The van der Waals surface area contributed by atoms with Crippen molar-refractivity contribution in [3.63, 3.8) is 0 Å². The number of carboxylic acids is 1. The lowest BCUT2D eigenvalue weighted by molar-refractivity contribution is -0.711. The van der Waals surface area contributed by atoms with E-state index in [2.05, 4.69) is 4.84 Å². The Kier molecular flexibility index (Phi) is 3.22. The number of carboxylic acid groups (broad SMARTS) is 1. The fourth-order valence-electron chi connectivity index (χ4n) is 1.23. The molecule has 0 amide bonds. The van der Waals surface area contributed by atoms with Crippen LogP contribution in [-0.2, 0) is 0 Å². The third-order valence-electron chi connectivity index (χ3n) is 1.91. The number of nitrogens with zero attached hydrogens (tertiary/aromatic N) is 2. The molecule has 0 unspecified atom stereocenters. The lowest BCUT2D eigenvalue weighted by atomic mass is 10.1. The van der Waals surface area contributed by atoms with Crippen LogP contribution in [0, 0.1) is 27.2 Å². The maximum absolute atomic E-state index is 10.8. The van der Waals surface area contributed by atoms with E-state index in [1.165, 1.54) is 13.0 Å². The molecule has 0 atom stereocenters. The van der Waals surface area contributed by atoms with Gasteiger partial charge in [0.15, 0.2) is 0 Å². The van der Waals surface area contributed by atoms with E-state index in [0.717, 1.165) is 6.07 Å². The Morgan fingerprint density at radius 1 is 1.35 bits per heavy atom. The van der Waals surface area contributed by atoms with Gasteiger partial charge in [0, 0.05) is 5.56 Å². The molecule has 9 heteroatoms. The molecule has 0 fully saturated rings. The van der Waals surface area contributed by atoms with Crippen molar-refractivity contribution in [3.8, 4) is 5.75 Å². The summed E-state index contributed by atoms with van der Waals surface area (Å²) in [5.41, 5.74) is -1.31. The molecule has 1 N–H and O–H groups in total. The molecule has 0 heterocycles. The van der Waals surface area contributed by atoms with Crippen LogP contribution in [-0.4, -0.2) is 21.1 Å². The summed E-state index contributed by atoms with van der Waals surface area (Å²) in [5.74, 6) is -2.43. The average Bonchev–Trinajstić information content (AvgIpc) is 2.15. The van der Waals surface area contributed by atoms with Gasteiger partial charge in [0.2, 0.25) is 5.75 Å². The lowest BCUT2D eigenvalue weighted by Crippen LogP contribution is -2.11. The third-order valence-corrected chi connectivity index (χ3v) is 1.91. The maximum atomic E-state index is 10.8. The quantitative estimate of drug-likeness (QED) is 0.618. The molecule has 17 heavy (non-hydrogen) atoms. The first kappa shape index (κ1) is 12.4. The Balaban J connectivity index is 3.55. The van der Waals surface area contributed by atoms with E-state index in [0.29, 0.717) is 0 Å². The van der Waals surface area contributed by atoms with Crippen molar-refractivity contribution >= 4 is 11.7 Å². The minimum Gasteiger partial charge on any atom is -0.478 e. The van der Waals surface area contributed by atoms with Gasteiger partial charge in [-0.05, 0) is 13.0 Å². The first-order valence-electron chi connectivity index (χ1n) is 4.18. The van der Waals surface area contributed by atoms with Gasteiger partial charge < -0.3 is 5.11 Å². The Bertz CT molecular complexity index is 511. The van der Waals surface area contributed by atoms with Crippen LogP contribution in [0.15, 0.2) is 12.1 Å². The molecule has 0 radical (unpaired) electrons. The molecule has 9 nitrogen and oxygen atoms in total. The minimum absolute atomic E-state index is 0.0665. The molecule has 90 valence electrons. The van der Waals surface area contributed by atoms with E-state index in [1.807, 2.05) is 0 Å². The molecule has 0 aliphatic heterocycles. The van der Waals surface area contributed by atoms with Crippen LogP contribution in [0.2, 0.25) is 0 Å². The van der Waals surface area contributed by atoms with Gasteiger partial charge in [-0.2, -0.15) is 0 Å². The number of carbonyl (C=O) groups is 1. The number of aryl methyl sites for hydroxylation is 1. The first-order chi connectivity index (χ1) is 7.84. The summed E-state index contributed by atoms with van der Waals surface area (Å²) in [7, 11) is 0. The second-order valence-electron chi connectivity index (χ2n) is 2.98. The Morgan fingerprint density at radius 3 is 2.35 bits per heavy atom. The summed E-state index contributed by atoms with van der Waals surface area (Å²) in [5, 5.41) is 28.4. The summed E-state index contributed by atoms with van der Waals surface area (Å²) >= 11 is 0. The largest absolute Gasteiger partial charge is 0.478 e. The standard InChI is InChI=1S/C8H6N2O7/c1-4-2-3-5(8(11)12)7(17-10(15)16)6(4)9(13)14/h2-3H,1H3,(H,11,12). The molecule has 0 saturated heterocycles. The predicted octanol–water partition coefficient (Wildman–Crippen LogP) is 1.17. The molecule has 0 spiro atoms. The molecule has 1 rings (SSSR count). The van der Waals surface area contributed by atoms with E-state index >= 15 is 0 Å². The lowest BCUT2D eigenvalue weighted by Gasteiger charge is -2.06. The molecule has 0 saturated carbocycles. The second-order valence-corrected chi connectivity index (χ2v) is 2.98. The summed E-state index contributed by atoms with van der Waals surface area (Å²) in [6.07, 6.45) is 0. The van der Waals surface area contributed by atoms with E-state index < -0.39 is 33.0 Å². The summed E-state index contributed by atoms with van der Waals surface area (Å²) in [4.78, 5) is 34.7. The van der Waals surface area contributed by atoms with Crippen LogP contribution in [0.25, 0.3) is 0 Å². The van der Waals surface area contributed by atoms with Gasteiger partial charge in [-0.1, -0.05) is 6.07 Å². The minimum atomic E-state index is -1.55. The van der Waals surface area contributed by atoms with Crippen molar-refractivity contribution in [3.05, 3.63) is 43.5 Å². The Hall–Kier alpha value is -2.71. The molecule has 1 aromatic rings. The van der Waals surface area contributed by atoms with Gasteiger partial charge in [-0.15, -0.1) is 10.1 Å². The van der Waals surface area contributed by atoms with E-state index in [4.69, 9.17) is 5.11 Å². The normalized spacial score (nSPS) is 9.71. The van der Waals surface area contributed by atoms with Crippen molar-refractivity contribution in [1.29, 1.82) is 0 Å². The van der Waals surface area contributed by atoms with E-state index in [-0.39, 0.29) is 5.56 Å². The molecule has 0 aliphatic rings. The average molecular weight is 242 g/mol. The number of benzene rings is 1. The highest BCUT2D eigenvalue weighted by Gasteiger charge is 2.27. The first-order valence-corrected chi connectivity index (χ1v) is 4.18. The number of rotatable bonds is 4. The van der Waals surface area contributed by atoms with Crippen molar-refractivity contribution < 1.29 is 24.7 Å². The number of aromatic carboxylic acids is 1. The van der Waals surface area contributed by atoms with Gasteiger partial charge in [0.25, 0.3) is 5.09 Å². The topological polar surface area (TPSA) is 133 Å². The zero-order valence-electron chi connectivity index (χ0n) is 8.45. The molecule has 0 bridgehead atoms. The molecule has 0 aliphatic carbocycles. The van der Waals surface area contributed by atoms with Gasteiger partial charge in [0.1, 0.15) is 0 Å². The van der Waals surface area contributed by atoms with Crippen molar-refractivity contribution in [2.24, 2.45) is 0 Å². The summed E-state index contributed by atoms with van der Waals surface area (Å²) in [6.45, 7) is 1.32. The van der Waals surface area contributed by atoms with Crippen LogP contribution in [0.3, 0.4) is 0 Å². The van der Waals surface area contributed by atoms with Gasteiger partial charge in [-0.3, -0.25) is 15.0 Å². The SMILES string of the molecule is Cc1ccc(C(=O)O)c(O[N+](=O)[O-])c1[N+](=O)[O-]. The second kappa shape index (κ2) is 4.43. The summed E-state index contributed by atoms with van der Waals surface area (Å²) < 4.78 is 0. The van der Waals surface area contributed by atoms with Crippen LogP contribution < -0.4 is 4.84 Å². The van der Waals surface area contributed by atoms with Gasteiger partial charge in [-0.25, -0.2) is 4.79 Å². The fraction of sp³-hybridized carbons (Fsp3) is 0.125. The smallest absolute Gasteiger partial charge is 0.338 e. The molecular formula is C8H6N2O7. The van der Waals surface area contributed by atoms with Gasteiger partial charge in [0.05, 0.1) is 10.5 Å². The van der Waals surface area contributed by atoms with Crippen molar-refractivity contribution in [1.82, 2.24) is 0 Å². The van der Waals surface area contributed by atoms with Crippen molar-refractivity contribution in [2.75, 3.05) is 0 Å². The highest BCUT2D eigenvalue weighted by atomic mass is 17.0. The third kappa shape index (κ3) is 2.45. The Labute approximate surface area is 93.5 Å². The zero-order chi connectivity index (χ0) is 13.2. The molecular weight excluding hydrogens is 236 g/mol. The van der Waals surface area contributed by atoms with Crippen LogP contribution in [0.5, 0.6) is 5.75 Å². The fourth-order valence-corrected chi connectivity index (χ4v) is 1.23. The predicted molar refractivity (Wildman–Crippen MR) is 52.4 cm³/mol. The van der Waals surface area contributed by atoms with Crippen LogP contribution in [0.1, 0.15) is 15.9 Å². The van der Waals surface area contributed by atoms with Gasteiger partial charge >= 0.3 is 11.7 Å². The highest BCUT2D eigenvalue weighted by molar-refractivity contribution is 5.93. The number of hydrogen-bond donors (Lipinski definition) is 1. The number of hydrogen-bond acceptors (Lipinski definition) is 6. The molecule has 0 aromatic heterocycles. The van der Waals surface area contributed by atoms with Crippen molar-refractivity contribution in [2.45, 2.75) is 6.92 Å². The summed E-state index contributed by atoms with van der Waals surface area (Å²) in [6, 6.07) is 2.18. The monoisotopic (exact) mass is 242 g/mol. The number of nitro groups is 1. The Morgan fingerprint density at radius 2 is 1.94 bits per heavy atom. The van der Waals surface area contributed by atoms with E-state index in [1.54, 1.807) is 0 Å². The highest BCUT2D eigenvalue weighted by Crippen LogP contribution is 2.34. The zero-order valence-corrected chi connectivity index (χ0v) is 8.45. The van der Waals surface area contributed by atoms with Crippen LogP contribution in [0.4, 0.5) is 5.69 Å². The van der Waals surface area contributed by atoms with E-state index in [9.17, 15) is 25.0 Å².